The van der Waals surface area contributed by atoms with E-state index in [1.807, 2.05) is 36.4 Å². The number of nitrogens with two attached hydrogens (primary N) is 1. The first kappa shape index (κ1) is 14.2. The maximum atomic E-state index is 6.04. The van der Waals surface area contributed by atoms with Crippen LogP contribution in [0.15, 0.2) is 36.4 Å². The lowest BCUT2D eigenvalue weighted by molar-refractivity contribution is 0.228. The molecule has 0 aromatic heterocycles. The third-order valence-corrected chi connectivity index (χ3v) is 3.82. The molecule has 1 heterocycles. The summed E-state index contributed by atoms with van der Waals surface area (Å²) < 4.78 is 11.6. The number of benzene rings is 2. The van der Waals surface area contributed by atoms with Crippen molar-refractivity contribution in [1.29, 1.82) is 0 Å². The maximum Gasteiger partial charge on any atom is 0.161 e. The summed E-state index contributed by atoms with van der Waals surface area (Å²) in [7, 11) is 0. The van der Waals surface area contributed by atoms with Gasteiger partial charge in [-0.2, -0.15) is 0 Å². The molecule has 2 aromatic carbocycles. The van der Waals surface area contributed by atoms with Crippen LogP contribution in [0, 0.1) is 5.92 Å². The molecule has 1 unspecified atom stereocenters. The summed E-state index contributed by atoms with van der Waals surface area (Å²) in [6.07, 6.45) is 0. The third-order valence-electron chi connectivity index (χ3n) is 3.59. The molecule has 4 heteroatoms. The highest BCUT2D eigenvalue weighted by Crippen LogP contribution is 2.36. The Balaban J connectivity index is 2.01. The zero-order valence-corrected chi connectivity index (χ0v) is 12.7. The van der Waals surface area contributed by atoms with E-state index in [9.17, 15) is 0 Å². The average molecular weight is 304 g/mol. The Kier molecular flexibility index (Phi) is 4.04. The second kappa shape index (κ2) is 5.96. The van der Waals surface area contributed by atoms with Gasteiger partial charge in [-0.3, -0.25) is 0 Å². The summed E-state index contributed by atoms with van der Waals surface area (Å²) in [6.45, 7) is 3.90. The number of fused-ring (bicyclic) bond motifs is 1. The number of hydrogen-bond acceptors (Lipinski definition) is 3. The van der Waals surface area contributed by atoms with E-state index < -0.39 is 0 Å². The Labute approximate surface area is 129 Å². The van der Waals surface area contributed by atoms with E-state index in [1.165, 1.54) is 0 Å². The van der Waals surface area contributed by atoms with Gasteiger partial charge in [0, 0.05) is 17.5 Å². The van der Waals surface area contributed by atoms with Crippen LogP contribution in [0.25, 0.3) is 11.1 Å². The highest BCUT2D eigenvalue weighted by molar-refractivity contribution is 6.30. The Morgan fingerprint density at radius 3 is 2.62 bits per heavy atom. The summed E-state index contributed by atoms with van der Waals surface area (Å²) >= 11 is 6.04. The SMILES string of the molecule is CC1COc2ccc(-c3ccc(Cl)cc3CN)cc2OC1. The summed E-state index contributed by atoms with van der Waals surface area (Å²) in [5.41, 5.74) is 8.98. The van der Waals surface area contributed by atoms with E-state index in [4.69, 9.17) is 26.8 Å². The molecule has 110 valence electrons. The van der Waals surface area contributed by atoms with Crippen molar-refractivity contribution in [2.75, 3.05) is 13.2 Å². The monoisotopic (exact) mass is 303 g/mol. The van der Waals surface area contributed by atoms with Gasteiger partial charge in [-0.15, -0.1) is 0 Å². The molecule has 0 fully saturated rings. The molecule has 0 saturated heterocycles. The van der Waals surface area contributed by atoms with Crippen LogP contribution in [0.4, 0.5) is 0 Å². The van der Waals surface area contributed by atoms with Crippen LogP contribution >= 0.6 is 11.6 Å². The number of ether oxygens (including phenoxy) is 2. The fraction of sp³-hybridized carbons (Fsp3) is 0.294. The first-order valence-electron chi connectivity index (χ1n) is 7.06. The first-order valence-corrected chi connectivity index (χ1v) is 7.43. The quantitative estimate of drug-likeness (QED) is 0.916. The van der Waals surface area contributed by atoms with Crippen molar-refractivity contribution in [2.45, 2.75) is 13.5 Å². The van der Waals surface area contributed by atoms with Crippen molar-refractivity contribution < 1.29 is 9.47 Å². The number of halogens is 1. The smallest absolute Gasteiger partial charge is 0.161 e. The van der Waals surface area contributed by atoms with Gasteiger partial charge in [-0.1, -0.05) is 30.7 Å². The van der Waals surface area contributed by atoms with E-state index in [2.05, 4.69) is 6.92 Å². The van der Waals surface area contributed by atoms with Gasteiger partial charge >= 0.3 is 0 Å². The van der Waals surface area contributed by atoms with Crippen LogP contribution in [0.1, 0.15) is 12.5 Å². The maximum absolute atomic E-state index is 6.04. The Morgan fingerprint density at radius 2 is 1.86 bits per heavy atom. The van der Waals surface area contributed by atoms with Gasteiger partial charge in [0.25, 0.3) is 0 Å². The molecule has 2 N–H and O–H groups in total. The van der Waals surface area contributed by atoms with Crippen LogP contribution < -0.4 is 15.2 Å². The molecular weight excluding hydrogens is 286 g/mol. The molecule has 1 aliphatic rings. The zero-order valence-electron chi connectivity index (χ0n) is 11.9. The topological polar surface area (TPSA) is 44.5 Å². The number of rotatable bonds is 2. The molecular formula is C17H18ClNO2. The van der Waals surface area contributed by atoms with Crippen molar-refractivity contribution in [3.63, 3.8) is 0 Å². The Hall–Kier alpha value is -1.71. The largest absolute Gasteiger partial charge is 0.489 e. The lowest BCUT2D eigenvalue weighted by Gasteiger charge is -2.12. The zero-order chi connectivity index (χ0) is 14.8. The average Bonchev–Trinajstić information content (AvgIpc) is 2.69. The molecule has 0 radical (unpaired) electrons. The molecule has 1 atom stereocenters. The van der Waals surface area contributed by atoms with Gasteiger partial charge in [0.15, 0.2) is 11.5 Å². The molecule has 0 spiro atoms. The molecule has 3 rings (SSSR count). The van der Waals surface area contributed by atoms with Crippen LogP contribution in [-0.2, 0) is 6.54 Å². The van der Waals surface area contributed by atoms with Gasteiger partial charge in [0.05, 0.1) is 13.2 Å². The highest BCUT2D eigenvalue weighted by Gasteiger charge is 2.16. The molecule has 2 aromatic rings. The lowest BCUT2D eigenvalue weighted by atomic mass is 9.99. The molecule has 21 heavy (non-hydrogen) atoms. The predicted molar refractivity (Wildman–Crippen MR) is 84.9 cm³/mol. The van der Waals surface area contributed by atoms with E-state index in [1.54, 1.807) is 0 Å². The standard InChI is InChI=1S/C17H18ClNO2/c1-11-9-20-16-5-2-12(7-17(16)21-10-11)15-4-3-14(18)6-13(15)8-19/h2-7,11H,8-10,19H2,1H3. The molecule has 3 nitrogen and oxygen atoms in total. The predicted octanol–water partition coefficient (Wildman–Crippen LogP) is 3.87. The lowest BCUT2D eigenvalue weighted by Crippen LogP contribution is -2.12. The van der Waals surface area contributed by atoms with E-state index in [0.717, 1.165) is 28.2 Å². The summed E-state index contributed by atoms with van der Waals surface area (Å²) in [6, 6.07) is 11.8. The van der Waals surface area contributed by atoms with Crippen molar-refractivity contribution >= 4 is 11.6 Å². The third kappa shape index (κ3) is 2.99. The Morgan fingerprint density at radius 1 is 1.10 bits per heavy atom. The van der Waals surface area contributed by atoms with Gasteiger partial charge in [-0.25, -0.2) is 0 Å². The normalized spacial score (nSPS) is 17.4. The van der Waals surface area contributed by atoms with Crippen LogP contribution in [0.3, 0.4) is 0 Å². The second-order valence-corrected chi connectivity index (χ2v) is 5.83. The van der Waals surface area contributed by atoms with Crippen molar-refractivity contribution in [1.82, 2.24) is 0 Å². The minimum Gasteiger partial charge on any atom is -0.489 e. The fourth-order valence-electron chi connectivity index (χ4n) is 2.43. The van der Waals surface area contributed by atoms with Crippen LogP contribution in [-0.4, -0.2) is 13.2 Å². The fourth-order valence-corrected chi connectivity index (χ4v) is 2.63. The minimum absolute atomic E-state index is 0.385. The molecule has 1 aliphatic heterocycles. The van der Waals surface area contributed by atoms with Gasteiger partial charge < -0.3 is 15.2 Å². The molecule has 0 saturated carbocycles. The summed E-state index contributed by atoms with van der Waals surface area (Å²) in [4.78, 5) is 0. The minimum atomic E-state index is 0.385. The second-order valence-electron chi connectivity index (χ2n) is 5.39. The van der Waals surface area contributed by atoms with E-state index >= 15 is 0 Å². The molecule has 0 aliphatic carbocycles. The van der Waals surface area contributed by atoms with Crippen LogP contribution in [0.2, 0.25) is 5.02 Å². The highest BCUT2D eigenvalue weighted by atomic mass is 35.5. The molecule has 0 amide bonds. The van der Waals surface area contributed by atoms with Crippen molar-refractivity contribution in [3.05, 3.63) is 47.0 Å². The van der Waals surface area contributed by atoms with E-state index in [0.29, 0.717) is 30.7 Å². The van der Waals surface area contributed by atoms with Crippen molar-refractivity contribution in [3.8, 4) is 22.6 Å². The van der Waals surface area contributed by atoms with E-state index in [-0.39, 0.29) is 0 Å². The first-order chi connectivity index (χ1) is 10.2. The van der Waals surface area contributed by atoms with Gasteiger partial charge in [0.1, 0.15) is 0 Å². The van der Waals surface area contributed by atoms with Gasteiger partial charge in [-0.05, 0) is 41.0 Å². The van der Waals surface area contributed by atoms with Crippen molar-refractivity contribution in [2.24, 2.45) is 11.7 Å². The summed E-state index contributed by atoms with van der Waals surface area (Å²) in [5.74, 6) is 1.97. The molecule has 0 bridgehead atoms. The van der Waals surface area contributed by atoms with Crippen LogP contribution in [0.5, 0.6) is 11.5 Å². The number of hydrogen-bond donors (Lipinski definition) is 1. The Bertz CT molecular complexity index is 657. The summed E-state index contributed by atoms with van der Waals surface area (Å²) in [5, 5.41) is 0.697. The van der Waals surface area contributed by atoms with Gasteiger partial charge in [0.2, 0.25) is 0 Å².